The third-order valence-corrected chi connectivity index (χ3v) is 5.27. The van der Waals surface area contributed by atoms with Crippen LogP contribution in [-0.2, 0) is 11.3 Å². The van der Waals surface area contributed by atoms with Gasteiger partial charge in [-0.25, -0.2) is 4.98 Å². The summed E-state index contributed by atoms with van der Waals surface area (Å²) >= 11 is 1.86. The molecule has 100 valence electrons. The first-order chi connectivity index (χ1) is 8.83. The van der Waals surface area contributed by atoms with Crippen molar-refractivity contribution in [2.75, 3.05) is 20.3 Å². The minimum absolute atomic E-state index is 0.585. The van der Waals surface area contributed by atoms with Gasteiger partial charge in [-0.15, -0.1) is 11.3 Å². The SMILES string of the molecule is CN(Cc1csc(C2CCCC2)n1)C1CCOC1. The molecule has 0 amide bonds. The van der Waals surface area contributed by atoms with Crippen LogP contribution in [0.1, 0.15) is 48.7 Å². The number of thiazole rings is 1. The van der Waals surface area contributed by atoms with Crippen molar-refractivity contribution in [1.82, 2.24) is 9.88 Å². The van der Waals surface area contributed by atoms with Gasteiger partial charge in [-0.2, -0.15) is 0 Å². The molecule has 3 nitrogen and oxygen atoms in total. The second-order valence-electron chi connectivity index (χ2n) is 5.59. The Morgan fingerprint density at radius 1 is 1.39 bits per heavy atom. The summed E-state index contributed by atoms with van der Waals surface area (Å²) in [5, 5.41) is 3.62. The molecule has 1 atom stereocenters. The molecule has 0 radical (unpaired) electrons. The molecule has 2 heterocycles. The van der Waals surface area contributed by atoms with E-state index in [9.17, 15) is 0 Å². The Bertz CT molecular complexity index is 381. The fourth-order valence-corrected chi connectivity index (χ4v) is 3.99. The van der Waals surface area contributed by atoms with Crippen molar-refractivity contribution < 1.29 is 4.74 Å². The molecule has 1 aliphatic carbocycles. The topological polar surface area (TPSA) is 25.4 Å². The van der Waals surface area contributed by atoms with E-state index in [1.54, 1.807) is 0 Å². The van der Waals surface area contributed by atoms with Gasteiger partial charge in [0.1, 0.15) is 0 Å². The second kappa shape index (κ2) is 5.68. The first-order valence-corrected chi connectivity index (χ1v) is 7.93. The highest BCUT2D eigenvalue weighted by atomic mass is 32.1. The molecule has 1 aromatic heterocycles. The Hall–Kier alpha value is -0.450. The van der Waals surface area contributed by atoms with Gasteiger partial charge in [-0.1, -0.05) is 12.8 Å². The Morgan fingerprint density at radius 3 is 2.94 bits per heavy atom. The Labute approximate surface area is 113 Å². The van der Waals surface area contributed by atoms with E-state index in [0.29, 0.717) is 6.04 Å². The van der Waals surface area contributed by atoms with Crippen LogP contribution in [0.2, 0.25) is 0 Å². The molecule has 3 rings (SSSR count). The van der Waals surface area contributed by atoms with Crippen molar-refractivity contribution in [2.45, 2.75) is 50.6 Å². The van der Waals surface area contributed by atoms with Crippen molar-refractivity contribution in [1.29, 1.82) is 0 Å². The van der Waals surface area contributed by atoms with E-state index in [1.807, 2.05) is 11.3 Å². The molecule has 0 spiro atoms. The van der Waals surface area contributed by atoms with Crippen LogP contribution in [0.15, 0.2) is 5.38 Å². The molecule has 0 bridgehead atoms. The first kappa shape index (κ1) is 12.6. The molecule has 2 aliphatic rings. The van der Waals surface area contributed by atoms with Crippen molar-refractivity contribution >= 4 is 11.3 Å². The maximum absolute atomic E-state index is 5.44. The molecule has 1 unspecified atom stereocenters. The summed E-state index contributed by atoms with van der Waals surface area (Å²) in [6.45, 7) is 2.77. The van der Waals surface area contributed by atoms with Gasteiger partial charge in [0, 0.05) is 30.5 Å². The maximum atomic E-state index is 5.44. The van der Waals surface area contributed by atoms with Gasteiger partial charge in [-0.05, 0) is 26.3 Å². The second-order valence-corrected chi connectivity index (χ2v) is 6.48. The highest BCUT2D eigenvalue weighted by Crippen LogP contribution is 2.35. The van der Waals surface area contributed by atoms with E-state index in [1.165, 1.54) is 36.4 Å². The Balaban J connectivity index is 1.58. The van der Waals surface area contributed by atoms with Crippen LogP contribution >= 0.6 is 11.3 Å². The smallest absolute Gasteiger partial charge is 0.0959 e. The van der Waals surface area contributed by atoms with Gasteiger partial charge < -0.3 is 4.74 Å². The number of hydrogen-bond acceptors (Lipinski definition) is 4. The van der Waals surface area contributed by atoms with Crippen LogP contribution in [0.25, 0.3) is 0 Å². The van der Waals surface area contributed by atoms with Crippen LogP contribution in [0.3, 0.4) is 0 Å². The van der Waals surface area contributed by atoms with E-state index < -0.39 is 0 Å². The van der Waals surface area contributed by atoms with Crippen LogP contribution < -0.4 is 0 Å². The van der Waals surface area contributed by atoms with Gasteiger partial charge in [-0.3, -0.25) is 4.90 Å². The zero-order valence-electron chi connectivity index (χ0n) is 11.1. The number of rotatable bonds is 4. The van der Waals surface area contributed by atoms with E-state index in [4.69, 9.17) is 9.72 Å². The molecule has 1 aliphatic heterocycles. The molecule has 1 saturated carbocycles. The average Bonchev–Trinajstić information content (AvgIpc) is 3.12. The fourth-order valence-electron chi connectivity index (χ4n) is 3.01. The molecule has 4 heteroatoms. The van der Waals surface area contributed by atoms with E-state index in [-0.39, 0.29) is 0 Å². The zero-order valence-corrected chi connectivity index (χ0v) is 11.9. The summed E-state index contributed by atoms with van der Waals surface area (Å²) in [7, 11) is 2.19. The van der Waals surface area contributed by atoms with Crippen LogP contribution in [0.4, 0.5) is 0 Å². The third kappa shape index (κ3) is 2.76. The first-order valence-electron chi connectivity index (χ1n) is 7.05. The van der Waals surface area contributed by atoms with E-state index >= 15 is 0 Å². The van der Waals surface area contributed by atoms with Crippen LogP contribution in [0.5, 0.6) is 0 Å². The largest absolute Gasteiger partial charge is 0.380 e. The lowest BCUT2D eigenvalue weighted by atomic mass is 10.1. The predicted molar refractivity (Wildman–Crippen MR) is 74.0 cm³/mol. The molecular formula is C14H22N2OS. The summed E-state index contributed by atoms with van der Waals surface area (Å²) < 4.78 is 5.44. The molecular weight excluding hydrogens is 244 g/mol. The van der Waals surface area contributed by atoms with Crippen molar-refractivity contribution in [3.63, 3.8) is 0 Å². The Morgan fingerprint density at radius 2 is 2.22 bits per heavy atom. The molecule has 1 aromatic rings. The zero-order chi connectivity index (χ0) is 12.4. The van der Waals surface area contributed by atoms with Crippen molar-refractivity contribution in [3.8, 4) is 0 Å². The van der Waals surface area contributed by atoms with Crippen LogP contribution in [0, 0.1) is 0 Å². The van der Waals surface area contributed by atoms with E-state index in [2.05, 4.69) is 17.3 Å². The summed E-state index contributed by atoms with van der Waals surface area (Å²) in [6.07, 6.45) is 6.63. The number of ether oxygens (including phenoxy) is 1. The van der Waals surface area contributed by atoms with Gasteiger partial charge in [0.25, 0.3) is 0 Å². The quantitative estimate of drug-likeness (QED) is 0.837. The number of nitrogens with zero attached hydrogens (tertiary/aromatic N) is 2. The van der Waals surface area contributed by atoms with Crippen LogP contribution in [-0.4, -0.2) is 36.2 Å². The minimum Gasteiger partial charge on any atom is -0.380 e. The normalized spacial score (nSPS) is 25.3. The lowest BCUT2D eigenvalue weighted by molar-refractivity contribution is 0.156. The highest BCUT2D eigenvalue weighted by molar-refractivity contribution is 7.09. The molecule has 1 saturated heterocycles. The van der Waals surface area contributed by atoms with Crippen molar-refractivity contribution in [2.24, 2.45) is 0 Å². The predicted octanol–water partition coefficient (Wildman–Crippen LogP) is 3.02. The third-order valence-electron chi connectivity index (χ3n) is 4.21. The lowest BCUT2D eigenvalue weighted by Crippen LogP contribution is -2.31. The van der Waals surface area contributed by atoms with Crippen molar-refractivity contribution in [3.05, 3.63) is 16.1 Å². The number of hydrogen-bond donors (Lipinski definition) is 0. The van der Waals surface area contributed by atoms with Gasteiger partial charge in [0.15, 0.2) is 0 Å². The van der Waals surface area contributed by atoms with Gasteiger partial charge >= 0.3 is 0 Å². The summed E-state index contributed by atoms with van der Waals surface area (Å²) in [5.41, 5.74) is 1.25. The summed E-state index contributed by atoms with van der Waals surface area (Å²) in [4.78, 5) is 7.23. The average molecular weight is 266 g/mol. The molecule has 0 aromatic carbocycles. The monoisotopic (exact) mass is 266 g/mol. The molecule has 18 heavy (non-hydrogen) atoms. The molecule has 2 fully saturated rings. The maximum Gasteiger partial charge on any atom is 0.0959 e. The minimum atomic E-state index is 0.585. The Kier molecular flexibility index (Phi) is 3.97. The lowest BCUT2D eigenvalue weighted by Gasteiger charge is -2.21. The van der Waals surface area contributed by atoms with Gasteiger partial charge in [0.05, 0.1) is 17.3 Å². The molecule has 0 N–H and O–H groups in total. The van der Waals surface area contributed by atoms with Gasteiger partial charge in [0.2, 0.25) is 0 Å². The van der Waals surface area contributed by atoms with E-state index in [0.717, 1.165) is 32.1 Å². The number of aromatic nitrogens is 1. The standard InChI is InChI=1S/C14H22N2OS/c1-16(13-6-7-17-9-13)8-12-10-18-14(15-12)11-4-2-3-5-11/h10-11,13H,2-9H2,1H3. The fraction of sp³-hybridized carbons (Fsp3) is 0.786. The summed E-state index contributed by atoms with van der Waals surface area (Å²) in [5.74, 6) is 0.754. The summed E-state index contributed by atoms with van der Waals surface area (Å²) in [6, 6.07) is 0.585. The number of likely N-dealkylation sites (N-methyl/N-ethyl adjacent to an activating group) is 1. The highest BCUT2D eigenvalue weighted by Gasteiger charge is 2.23.